The Kier molecular flexibility index (Phi) is 4.87. The molecular weight excluding hydrogens is 330 g/mol. The number of carbonyl (C=O) groups is 1. The number of nitrogens with zero attached hydrogens (tertiary/aromatic N) is 2. The zero-order valence-electron chi connectivity index (χ0n) is 13.5. The summed E-state index contributed by atoms with van der Waals surface area (Å²) >= 11 is 5.86. The molecule has 1 heterocycles. The molecule has 0 aliphatic heterocycles. The highest BCUT2D eigenvalue weighted by atomic mass is 35.5. The average molecular weight is 350 g/mol. The van der Waals surface area contributed by atoms with Gasteiger partial charge < -0.3 is 14.9 Å². The van der Waals surface area contributed by atoms with E-state index in [-0.39, 0.29) is 12.3 Å². The summed E-state index contributed by atoms with van der Waals surface area (Å²) < 4.78 is 5.24. The summed E-state index contributed by atoms with van der Waals surface area (Å²) in [5, 5.41) is 17.7. The van der Waals surface area contributed by atoms with Crippen molar-refractivity contribution >= 4 is 17.5 Å². The fraction of sp³-hybridized carbons (Fsp3) is 0.471. The van der Waals surface area contributed by atoms with Crippen LogP contribution in [0.5, 0.6) is 0 Å². The van der Waals surface area contributed by atoms with Gasteiger partial charge in [0.15, 0.2) is 5.82 Å². The first-order chi connectivity index (χ1) is 11.5. The highest BCUT2D eigenvalue weighted by Crippen LogP contribution is 2.32. The Hall–Kier alpha value is -1.92. The lowest BCUT2D eigenvalue weighted by Gasteiger charge is -2.22. The number of aromatic nitrogens is 2. The third-order valence-electron chi connectivity index (χ3n) is 4.32. The minimum absolute atomic E-state index is 0.110. The van der Waals surface area contributed by atoms with Gasteiger partial charge in [-0.3, -0.25) is 4.79 Å². The summed E-state index contributed by atoms with van der Waals surface area (Å²) in [6, 6.07) is 6.67. The topological polar surface area (TPSA) is 88.2 Å². The predicted molar refractivity (Wildman–Crippen MR) is 89.3 cm³/mol. The molecule has 1 atom stereocenters. The number of halogens is 1. The SMILES string of the molecule is CC(NC(=O)CC1(O)CCCC1)c1noc(-c2ccc(Cl)cc2)n1. The molecule has 1 aromatic carbocycles. The Bertz CT molecular complexity index is 708. The minimum Gasteiger partial charge on any atom is -0.389 e. The van der Waals surface area contributed by atoms with Gasteiger partial charge in [-0.15, -0.1) is 0 Å². The third-order valence-corrected chi connectivity index (χ3v) is 4.57. The van der Waals surface area contributed by atoms with Crippen LogP contribution in [0.2, 0.25) is 5.02 Å². The van der Waals surface area contributed by atoms with Crippen molar-refractivity contribution in [1.82, 2.24) is 15.5 Å². The smallest absolute Gasteiger partial charge is 0.257 e. The van der Waals surface area contributed by atoms with Crippen molar-refractivity contribution < 1.29 is 14.4 Å². The van der Waals surface area contributed by atoms with Crippen molar-refractivity contribution in [3.63, 3.8) is 0 Å². The largest absolute Gasteiger partial charge is 0.389 e. The fourth-order valence-electron chi connectivity index (χ4n) is 2.99. The van der Waals surface area contributed by atoms with Gasteiger partial charge in [-0.2, -0.15) is 4.98 Å². The molecule has 128 valence electrons. The third kappa shape index (κ3) is 3.94. The Balaban J connectivity index is 1.62. The Morgan fingerprint density at radius 2 is 2.04 bits per heavy atom. The highest BCUT2D eigenvalue weighted by molar-refractivity contribution is 6.30. The molecule has 1 aliphatic carbocycles. The number of rotatable bonds is 5. The maximum absolute atomic E-state index is 12.1. The maximum atomic E-state index is 12.1. The summed E-state index contributed by atoms with van der Waals surface area (Å²) in [4.78, 5) is 16.4. The summed E-state index contributed by atoms with van der Waals surface area (Å²) in [5.74, 6) is 0.564. The highest BCUT2D eigenvalue weighted by Gasteiger charge is 2.34. The van der Waals surface area contributed by atoms with Crippen molar-refractivity contribution in [1.29, 1.82) is 0 Å². The van der Waals surface area contributed by atoms with Gasteiger partial charge in [0.05, 0.1) is 18.1 Å². The van der Waals surface area contributed by atoms with Crippen LogP contribution in [0.15, 0.2) is 28.8 Å². The van der Waals surface area contributed by atoms with Crippen LogP contribution < -0.4 is 5.32 Å². The maximum Gasteiger partial charge on any atom is 0.257 e. The van der Waals surface area contributed by atoms with Crippen LogP contribution in [-0.4, -0.2) is 26.8 Å². The Labute approximate surface area is 145 Å². The van der Waals surface area contributed by atoms with Gasteiger partial charge in [0.2, 0.25) is 5.91 Å². The van der Waals surface area contributed by atoms with E-state index in [2.05, 4.69) is 15.5 Å². The lowest BCUT2D eigenvalue weighted by molar-refractivity contribution is -0.126. The minimum atomic E-state index is -0.866. The monoisotopic (exact) mass is 349 g/mol. The van der Waals surface area contributed by atoms with Gasteiger partial charge in [-0.05, 0) is 44.0 Å². The molecule has 1 saturated carbocycles. The van der Waals surface area contributed by atoms with Crippen molar-refractivity contribution in [3.05, 3.63) is 35.1 Å². The van der Waals surface area contributed by atoms with E-state index >= 15 is 0 Å². The summed E-state index contributed by atoms with van der Waals surface area (Å²) in [7, 11) is 0. The van der Waals surface area contributed by atoms with Crippen molar-refractivity contribution in [3.8, 4) is 11.5 Å². The molecule has 1 aromatic heterocycles. The van der Waals surface area contributed by atoms with Gasteiger partial charge in [-0.25, -0.2) is 0 Å². The second-order valence-electron chi connectivity index (χ2n) is 6.36. The molecule has 2 aromatic rings. The molecule has 0 bridgehead atoms. The number of hydrogen-bond donors (Lipinski definition) is 2. The Morgan fingerprint density at radius 3 is 2.71 bits per heavy atom. The molecule has 3 rings (SSSR count). The van der Waals surface area contributed by atoms with E-state index in [1.807, 2.05) is 0 Å². The van der Waals surface area contributed by atoms with Gasteiger partial charge in [0.25, 0.3) is 5.89 Å². The molecule has 0 saturated heterocycles. The predicted octanol–water partition coefficient (Wildman–Crippen LogP) is 3.26. The molecule has 1 aliphatic rings. The van der Waals surface area contributed by atoms with E-state index in [1.165, 1.54) is 0 Å². The number of benzene rings is 1. The number of hydrogen-bond acceptors (Lipinski definition) is 5. The van der Waals surface area contributed by atoms with Crippen LogP contribution in [-0.2, 0) is 4.79 Å². The lowest BCUT2D eigenvalue weighted by atomic mass is 9.97. The normalized spacial score (nSPS) is 17.6. The van der Waals surface area contributed by atoms with E-state index in [1.54, 1.807) is 31.2 Å². The van der Waals surface area contributed by atoms with Crippen LogP contribution >= 0.6 is 11.6 Å². The molecule has 0 radical (unpaired) electrons. The van der Waals surface area contributed by atoms with Crippen molar-refractivity contribution in [2.24, 2.45) is 0 Å². The van der Waals surface area contributed by atoms with Gasteiger partial charge >= 0.3 is 0 Å². The molecule has 0 spiro atoms. The first-order valence-corrected chi connectivity index (χ1v) is 8.44. The Morgan fingerprint density at radius 1 is 1.38 bits per heavy atom. The summed E-state index contributed by atoms with van der Waals surface area (Å²) in [6.45, 7) is 1.78. The zero-order chi connectivity index (χ0) is 17.2. The number of carbonyl (C=O) groups excluding carboxylic acids is 1. The summed E-state index contributed by atoms with van der Waals surface area (Å²) in [5.41, 5.74) is -0.104. The zero-order valence-corrected chi connectivity index (χ0v) is 14.2. The molecular formula is C17H20ClN3O3. The molecule has 24 heavy (non-hydrogen) atoms. The van der Waals surface area contributed by atoms with Crippen molar-refractivity contribution in [2.45, 2.75) is 50.7 Å². The molecule has 1 fully saturated rings. The first-order valence-electron chi connectivity index (χ1n) is 8.06. The average Bonchev–Trinajstić information content (AvgIpc) is 3.17. The lowest BCUT2D eigenvalue weighted by Crippen LogP contribution is -2.36. The van der Waals surface area contributed by atoms with Crippen LogP contribution in [0.3, 0.4) is 0 Å². The molecule has 6 nitrogen and oxygen atoms in total. The standard InChI is InChI=1S/C17H20ClN3O3/c1-11(19-14(22)10-17(23)8-2-3-9-17)15-20-16(24-21-15)12-4-6-13(18)7-5-12/h4-7,11,23H,2-3,8-10H2,1H3,(H,19,22). The van der Waals surface area contributed by atoms with E-state index < -0.39 is 11.6 Å². The second kappa shape index (κ2) is 6.91. The van der Waals surface area contributed by atoms with Crippen LogP contribution in [0.25, 0.3) is 11.5 Å². The van der Waals surface area contributed by atoms with E-state index in [9.17, 15) is 9.90 Å². The van der Waals surface area contributed by atoms with Gasteiger partial charge in [0, 0.05) is 10.6 Å². The van der Waals surface area contributed by atoms with Gasteiger partial charge in [0.1, 0.15) is 0 Å². The van der Waals surface area contributed by atoms with Crippen molar-refractivity contribution in [2.75, 3.05) is 0 Å². The fourth-order valence-corrected chi connectivity index (χ4v) is 3.11. The number of amides is 1. The quantitative estimate of drug-likeness (QED) is 0.864. The summed E-state index contributed by atoms with van der Waals surface area (Å²) in [6.07, 6.45) is 3.40. The molecule has 7 heteroatoms. The number of aliphatic hydroxyl groups is 1. The van der Waals surface area contributed by atoms with Gasteiger partial charge in [-0.1, -0.05) is 29.6 Å². The van der Waals surface area contributed by atoms with Crippen LogP contribution in [0.1, 0.15) is 50.9 Å². The van der Waals surface area contributed by atoms with Crippen LogP contribution in [0, 0.1) is 0 Å². The van der Waals surface area contributed by atoms with Crippen LogP contribution in [0.4, 0.5) is 0 Å². The number of nitrogens with one attached hydrogen (secondary N) is 1. The molecule has 2 N–H and O–H groups in total. The van der Waals surface area contributed by atoms with E-state index in [0.29, 0.717) is 29.6 Å². The van der Waals surface area contributed by atoms with E-state index in [4.69, 9.17) is 16.1 Å². The molecule has 1 unspecified atom stereocenters. The van der Waals surface area contributed by atoms with E-state index in [0.717, 1.165) is 18.4 Å². The second-order valence-corrected chi connectivity index (χ2v) is 6.80. The first kappa shape index (κ1) is 16.9. The molecule has 1 amide bonds.